The van der Waals surface area contributed by atoms with Crippen LogP contribution in [0.3, 0.4) is 0 Å². The molecule has 27 heavy (non-hydrogen) atoms. The number of nitrogens with zero attached hydrogens (tertiary/aromatic N) is 1. The summed E-state index contributed by atoms with van der Waals surface area (Å²) in [7, 11) is 0. The van der Waals surface area contributed by atoms with Crippen molar-refractivity contribution in [2.75, 3.05) is 13.1 Å². The van der Waals surface area contributed by atoms with Crippen LogP contribution in [0.5, 0.6) is 0 Å². The third-order valence-corrected chi connectivity index (χ3v) is 6.27. The van der Waals surface area contributed by atoms with Crippen LogP contribution < -0.4 is 5.73 Å². The molecule has 2 heterocycles. The van der Waals surface area contributed by atoms with Crippen molar-refractivity contribution >= 4 is 10.9 Å². The zero-order valence-corrected chi connectivity index (χ0v) is 17.7. The number of rotatable bonds is 4. The molecule has 3 heteroatoms. The number of benzene rings is 1. The maximum Gasteiger partial charge on any atom is 0.0459 e. The molecular formula is C24H35N3. The average Bonchev–Trinajstić information content (AvgIpc) is 2.98. The normalized spacial score (nSPS) is 26.3. The number of nitrogens with two attached hydrogens (primary N) is 1. The molecular weight excluding hydrogens is 330 g/mol. The van der Waals surface area contributed by atoms with E-state index in [9.17, 15) is 0 Å². The van der Waals surface area contributed by atoms with Crippen LogP contribution in [0.2, 0.25) is 0 Å². The number of aromatic amines is 1. The van der Waals surface area contributed by atoms with Gasteiger partial charge in [-0.25, -0.2) is 0 Å². The Morgan fingerprint density at radius 2 is 2.00 bits per heavy atom. The number of hydrogen-bond acceptors (Lipinski definition) is 2. The average molecular weight is 366 g/mol. The summed E-state index contributed by atoms with van der Waals surface area (Å²) in [6, 6.07) is 8.69. The van der Waals surface area contributed by atoms with Crippen LogP contribution in [0.15, 0.2) is 48.1 Å². The topological polar surface area (TPSA) is 45.0 Å². The van der Waals surface area contributed by atoms with Crippen LogP contribution >= 0.6 is 0 Å². The largest absolute Gasteiger partial charge is 0.357 e. The maximum atomic E-state index is 6.90. The van der Waals surface area contributed by atoms with E-state index in [2.05, 4.69) is 81.4 Å². The molecule has 146 valence electrons. The monoisotopic (exact) mass is 365 g/mol. The van der Waals surface area contributed by atoms with Crippen molar-refractivity contribution in [2.45, 2.75) is 65.0 Å². The Morgan fingerprint density at radius 1 is 1.30 bits per heavy atom. The van der Waals surface area contributed by atoms with Gasteiger partial charge in [0, 0.05) is 40.6 Å². The number of H-pyrrole nitrogens is 1. The summed E-state index contributed by atoms with van der Waals surface area (Å²) in [5, 5.41) is 1.33. The van der Waals surface area contributed by atoms with E-state index in [0.717, 1.165) is 32.5 Å². The van der Waals surface area contributed by atoms with Crippen molar-refractivity contribution in [3.8, 4) is 0 Å². The van der Waals surface area contributed by atoms with Crippen molar-refractivity contribution in [2.24, 2.45) is 5.73 Å². The van der Waals surface area contributed by atoms with Crippen molar-refractivity contribution in [3.63, 3.8) is 0 Å². The van der Waals surface area contributed by atoms with Crippen LogP contribution in [0, 0.1) is 0 Å². The van der Waals surface area contributed by atoms with E-state index in [1.54, 1.807) is 0 Å². The molecule has 0 bridgehead atoms. The number of para-hydroxylation sites is 1. The molecule has 0 radical (unpaired) electrons. The molecule has 0 saturated heterocycles. The van der Waals surface area contributed by atoms with Gasteiger partial charge in [-0.1, -0.05) is 50.3 Å². The first-order valence-corrected chi connectivity index (χ1v) is 10.2. The molecule has 2 atom stereocenters. The summed E-state index contributed by atoms with van der Waals surface area (Å²) in [6.07, 6.45) is 3.96. The number of likely N-dealkylation sites (N-methyl/N-ethyl adjacent to an activating group) is 1. The lowest BCUT2D eigenvalue weighted by atomic mass is 9.64. The van der Waals surface area contributed by atoms with Crippen molar-refractivity contribution in [3.05, 3.63) is 59.3 Å². The minimum absolute atomic E-state index is 0.141. The van der Waals surface area contributed by atoms with Crippen molar-refractivity contribution in [1.29, 1.82) is 0 Å². The van der Waals surface area contributed by atoms with Crippen LogP contribution in [0.1, 0.15) is 58.7 Å². The summed E-state index contributed by atoms with van der Waals surface area (Å²) < 4.78 is 0. The van der Waals surface area contributed by atoms with Gasteiger partial charge in [0.1, 0.15) is 0 Å². The van der Waals surface area contributed by atoms with Gasteiger partial charge in [-0.2, -0.15) is 0 Å². The number of nitrogens with one attached hydrogen (secondary N) is 1. The molecule has 1 aromatic heterocycles. The van der Waals surface area contributed by atoms with Gasteiger partial charge in [-0.3, -0.25) is 4.90 Å². The molecule has 0 amide bonds. The summed E-state index contributed by atoms with van der Waals surface area (Å²) in [4.78, 5) is 6.29. The second kappa shape index (κ2) is 7.29. The molecule has 0 aliphatic carbocycles. The zero-order valence-electron chi connectivity index (χ0n) is 17.7. The first-order chi connectivity index (χ1) is 12.8. The SMILES string of the molecule is C=CC(=C(C)C)[C@@]1(CC)CC(C)(N)CN(CC)Cc2c1[nH]c1ccccc21. The van der Waals surface area contributed by atoms with Crippen LogP contribution in [0.4, 0.5) is 0 Å². The van der Waals surface area contributed by atoms with Gasteiger partial charge in [0.2, 0.25) is 0 Å². The van der Waals surface area contributed by atoms with Gasteiger partial charge in [0.05, 0.1) is 0 Å². The van der Waals surface area contributed by atoms with E-state index in [0.29, 0.717) is 0 Å². The Hall–Kier alpha value is -1.84. The molecule has 1 unspecified atom stereocenters. The molecule has 0 fully saturated rings. The Morgan fingerprint density at radius 3 is 2.59 bits per heavy atom. The van der Waals surface area contributed by atoms with E-state index in [-0.39, 0.29) is 11.0 Å². The van der Waals surface area contributed by atoms with Crippen LogP contribution in [-0.4, -0.2) is 28.5 Å². The zero-order chi connectivity index (χ0) is 19.8. The third kappa shape index (κ3) is 3.39. The van der Waals surface area contributed by atoms with Gasteiger partial charge in [0.15, 0.2) is 0 Å². The van der Waals surface area contributed by atoms with E-state index >= 15 is 0 Å². The Kier molecular flexibility index (Phi) is 5.38. The van der Waals surface area contributed by atoms with E-state index in [4.69, 9.17) is 5.73 Å². The van der Waals surface area contributed by atoms with Crippen LogP contribution in [0.25, 0.3) is 10.9 Å². The number of allylic oxidation sites excluding steroid dienone is 3. The third-order valence-electron chi connectivity index (χ3n) is 6.27. The Balaban J connectivity index is 2.39. The molecule has 1 aliphatic heterocycles. The molecule has 1 aliphatic rings. The molecule has 3 rings (SSSR count). The fourth-order valence-corrected chi connectivity index (χ4v) is 5.22. The first kappa shape index (κ1) is 19.9. The van der Waals surface area contributed by atoms with E-state index in [1.807, 2.05) is 0 Å². The minimum atomic E-state index is -0.273. The summed E-state index contributed by atoms with van der Waals surface area (Å²) in [5.41, 5.74) is 13.1. The number of fused-ring (bicyclic) bond motifs is 3. The molecule has 1 aromatic carbocycles. The highest BCUT2D eigenvalue weighted by Gasteiger charge is 2.44. The molecule has 2 aromatic rings. The van der Waals surface area contributed by atoms with Gasteiger partial charge in [0.25, 0.3) is 0 Å². The van der Waals surface area contributed by atoms with Crippen molar-refractivity contribution in [1.82, 2.24) is 9.88 Å². The van der Waals surface area contributed by atoms with Gasteiger partial charge >= 0.3 is 0 Å². The lowest BCUT2D eigenvalue weighted by molar-refractivity contribution is 0.177. The first-order valence-electron chi connectivity index (χ1n) is 10.2. The lowest BCUT2D eigenvalue weighted by Crippen LogP contribution is -2.54. The molecule has 0 spiro atoms. The van der Waals surface area contributed by atoms with Crippen LogP contribution in [-0.2, 0) is 12.0 Å². The summed E-state index contributed by atoms with van der Waals surface area (Å²) in [6.45, 7) is 18.1. The Bertz CT molecular complexity index is 867. The molecule has 0 saturated carbocycles. The summed E-state index contributed by atoms with van der Waals surface area (Å²) in [5.74, 6) is 0. The standard InChI is InChI=1S/C24H35N3/c1-7-20(17(4)5)24(8-2)15-23(6,25)16-27(9-3)14-19-18-12-10-11-13-21(18)26-22(19)24/h7,10-13,26H,1,8-9,14-16,25H2,2-6H3/t23?,24-/m1/s1. The minimum Gasteiger partial charge on any atom is -0.357 e. The number of hydrogen-bond donors (Lipinski definition) is 2. The van der Waals surface area contributed by atoms with E-state index < -0.39 is 0 Å². The van der Waals surface area contributed by atoms with Crippen molar-refractivity contribution < 1.29 is 0 Å². The fourth-order valence-electron chi connectivity index (χ4n) is 5.22. The fraction of sp³-hybridized carbons (Fsp3) is 0.500. The number of aromatic nitrogens is 1. The quantitative estimate of drug-likeness (QED) is 0.724. The highest BCUT2D eigenvalue weighted by atomic mass is 15.1. The van der Waals surface area contributed by atoms with Gasteiger partial charge < -0.3 is 10.7 Å². The predicted molar refractivity (Wildman–Crippen MR) is 117 cm³/mol. The highest BCUT2D eigenvalue weighted by molar-refractivity contribution is 5.85. The van der Waals surface area contributed by atoms with Gasteiger partial charge in [-0.15, -0.1) is 0 Å². The molecule has 3 N–H and O–H groups in total. The Labute approximate surface area is 164 Å². The second-order valence-electron chi connectivity index (χ2n) is 8.71. The predicted octanol–water partition coefficient (Wildman–Crippen LogP) is 5.28. The summed E-state index contributed by atoms with van der Waals surface area (Å²) >= 11 is 0. The smallest absolute Gasteiger partial charge is 0.0459 e. The highest BCUT2D eigenvalue weighted by Crippen LogP contribution is 2.47. The van der Waals surface area contributed by atoms with Gasteiger partial charge in [-0.05, 0) is 57.4 Å². The second-order valence-corrected chi connectivity index (χ2v) is 8.71. The molecule has 3 nitrogen and oxygen atoms in total. The lowest BCUT2D eigenvalue weighted by Gasteiger charge is -2.45. The maximum absolute atomic E-state index is 6.90. The van der Waals surface area contributed by atoms with E-state index in [1.165, 1.54) is 33.3 Å².